The molecule has 2 atom stereocenters. The van der Waals surface area contributed by atoms with E-state index in [1.54, 1.807) is 30.3 Å². The van der Waals surface area contributed by atoms with E-state index in [-0.39, 0.29) is 35.6 Å². The summed E-state index contributed by atoms with van der Waals surface area (Å²) in [6.45, 7) is 5.40. The fourth-order valence-electron chi connectivity index (χ4n) is 5.23. The van der Waals surface area contributed by atoms with Crippen molar-refractivity contribution in [2.75, 3.05) is 25.1 Å². The third kappa shape index (κ3) is 8.92. The number of sulfonamides is 1. The maximum Gasteiger partial charge on any atom is 0.264 e. The topological polar surface area (TPSA) is 105 Å². The van der Waals surface area contributed by atoms with E-state index in [0.717, 1.165) is 21.0 Å². The fraction of sp³-hybridized carbons (Fsp3) is 0.297. The summed E-state index contributed by atoms with van der Waals surface area (Å²) >= 11 is 0. The number of nitrogens with zero attached hydrogens (tertiary/aromatic N) is 2. The first-order valence-electron chi connectivity index (χ1n) is 15.6. The average molecular weight is 658 g/mol. The van der Waals surface area contributed by atoms with Crippen LogP contribution in [0.3, 0.4) is 0 Å². The first kappa shape index (κ1) is 35.0. The molecule has 0 aliphatic carbocycles. The molecule has 0 heterocycles. The maximum absolute atomic E-state index is 14.6. The van der Waals surface area contributed by atoms with Crippen molar-refractivity contribution in [2.45, 2.75) is 57.1 Å². The maximum atomic E-state index is 14.6. The highest BCUT2D eigenvalue weighted by Crippen LogP contribution is 2.32. The van der Waals surface area contributed by atoms with Gasteiger partial charge in [-0.25, -0.2) is 8.42 Å². The van der Waals surface area contributed by atoms with Crippen LogP contribution in [0, 0.1) is 6.92 Å². The largest absolute Gasteiger partial charge is 0.493 e. The number of rotatable bonds is 15. The molecule has 10 heteroatoms. The number of aryl methyl sites for hydroxylation is 1. The Hall–Kier alpha value is -4.83. The second kappa shape index (κ2) is 16.1. The van der Waals surface area contributed by atoms with Crippen LogP contribution in [-0.4, -0.2) is 58.0 Å². The second-order valence-corrected chi connectivity index (χ2v) is 13.3. The zero-order valence-corrected chi connectivity index (χ0v) is 28.4. The zero-order valence-electron chi connectivity index (χ0n) is 27.6. The lowest BCUT2D eigenvalue weighted by atomic mass is 10.0. The van der Waals surface area contributed by atoms with Gasteiger partial charge in [-0.15, -0.1) is 0 Å². The van der Waals surface area contributed by atoms with Gasteiger partial charge in [0, 0.05) is 25.1 Å². The number of para-hydroxylation sites is 1. The summed E-state index contributed by atoms with van der Waals surface area (Å²) in [5, 5.41) is 3.06. The van der Waals surface area contributed by atoms with Gasteiger partial charge in [-0.1, -0.05) is 85.3 Å². The van der Waals surface area contributed by atoms with E-state index in [0.29, 0.717) is 17.9 Å². The monoisotopic (exact) mass is 657 g/mol. The normalized spacial score (nSPS) is 12.4. The highest BCUT2D eigenvalue weighted by atomic mass is 32.2. The van der Waals surface area contributed by atoms with Gasteiger partial charge in [0.1, 0.15) is 12.6 Å². The quantitative estimate of drug-likeness (QED) is 0.174. The summed E-state index contributed by atoms with van der Waals surface area (Å²) in [6, 6.07) is 28.9. The third-order valence-electron chi connectivity index (χ3n) is 7.97. The van der Waals surface area contributed by atoms with Crippen LogP contribution >= 0.6 is 0 Å². The number of hydrogen-bond acceptors (Lipinski definition) is 6. The van der Waals surface area contributed by atoms with Gasteiger partial charge >= 0.3 is 0 Å². The summed E-state index contributed by atoms with van der Waals surface area (Å²) in [4.78, 5) is 30.0. The Balaban J connectivity index is 1.81. The van der Waals surface area contributed by atoms with Crippen LogP contribution in [0.2, 0.25) is 0 Å². The van der Waals surface area contributed by atoms with Crippen LogP contribution in [0.4, 0.5) is 5.69 Å². The van der Waals surface area contributed by atoms with Crippen molar-refractivity contribution in [3.05, 3.63) is 120 Å². The molecule has 0 fully saturated rings. The zero-order chi connectivity index (χ0) is 34.0. The number of anilines is 1. The van der Waals surface area contributed by atoms with E-state index < -0.39 is 28.5 Å². The van der Waals surface area contributed by atoms with Gasteiger partial charge in [-0.2, -0.15) is 0 Å². The molecule has 0 aliphatic heterocycles. The number of carbonyl (C=O) groups excluding carboxylic acids is 2. The molecule has 0 saturated carbocycles. The number of ether oxygens (including phenoxy) is 2. The molecular formula is C37H43N3O6S. The predicted octanol–water partition coefficient (Wildman–Crippen LogP) is 5.76. The van der Waals surface area contributed by atoms with Crippen molar-refractivity contribution >= 4 is 27.5 Å². The Morgan fingerprint density at radius 2 is 1.45 bits per heavy atom. The number of nitrogens with one attached hydrogen (secondary N) is 1. The third-order valence-corrected chi connectivity index (χ3v) is 9.74. The molecule has 4 aromatic carbocycles. The van der Waals surface area contributed by atoms with Gasteiger partial charge in [0.05, 0.1) is 24.8 Å². The van der Waals surface area contributed by atoms with Crippen LogP contribution in [0.15, 0.2) is 108 Å². The van der Waals surface area contributed by atoms with Crippen molar-refractivity contribution in [3.8, 4) is 11.5 Å². The first-order chi connectivity index (χ1) is 22.6. The summed E-state index contributed by atoms with van der Waals surface area (Å²) in [5.74, 6) is -0.231. The SMILES string of the molecule is CC[C@H](C)NC(=O)[C@@H](Cc1ccccc1)N(Cc1cccc(C)c1)C(=O)CN(c1ccccc1)S(=O)(=O)c1ccc(OC)c(OC)c1. The van der Waals surface area contributed by atoms with Gasteiger partial charge in [0.25, 0.3) is 10.0 Å². The molecular weight excluding hydrogens is 614 g/mol. The number of hydrogen-bond donors (Lipinski definition) is 1. The molecule has 4 rings (SSSR count). The molecule has 1 N–H and O–H groups in total. The molecule has 0 aliphatic rings. The van der Waals surface area contributed by atoms with E-state index in [2.05, 4.69) is 5.32 Å². The first-order valence-corrected chi connectivity index (χ1v) is 17.0. The van der Waals surface area contributed by atoms with Gasteiger partial charge in [0.15, 0.2) is 11.5 Å². The summed E-state index contributed by atoms with van der Waals surface area (Å²) in [7, 11) is -1.41. The number of amides is 2. The van der Waals surface area contributed by atoms with Crippen molar-refractivity contribution in [1.82, 2.24) is 10.2 Å². The Kier molecular flexibility index (Phi) is 12.0. The average Bonchev–Trinajstić information content (AvgIpc) is 3.08. The molecule has 248 valence electrons. The molecule has 0 bridgehead atoms. The number of benzene rings is 4. The summed E-state index contributed by atoms with van der Waals surface area (Å²) in [6.07, 6.45) is 0.954. The molecule has 47 heavy (non-hydrogen) atoms. The molecule has 0 saturated heterocycles. The predicted molar refractivity (Wildman–Crippen MR) is 184 cm³/mol. The highest BCUT2D eigenvalue weighted by molar-refractivity contribution is 7.92. The fourth-order valence-corrected chi connectivity index (χ4v) is 6.66. The number of carbonyl (C=O) groups is 2. The van der Waals surface area contributed by atoms with Crippen molar-refractivity contribution in [2.24, 2.45) is 0 Å². The minimum Gasteiger partial charge on any atom is -0.493 e. The van der Waals surface area contributed by atoms with Crippen molar-refractivity contribution < 1.29 is 27.5 Å². The van der Waals surface area contributed by atoms with Gasteiger partial charge in [0.2, 0.25) is 11.8 Å². The Morgan fingerprint density at radius 3 is 2.06 bits per heavy atom. The van der Waals surface area contributed by atoms with Gasteiger partial charge in [-0.05, 0) is 55.7 Å². The van der Waals surface area contributed by atoms with Gasteiger partial charge < -0.3 is 19.7 Å². The molecule has 4 aromatic rings. The van der Waals surface area contributed by atoms with Crippen molar-refractivity contribution in [1.29, 1.82) is 0 Å². The van der Waals surface area contributed by atoms with Crippen LogP contribution < -0.4 is 19.1 Å². The van der Waals surface area contributed by atoms with Crippen LogP contribution in [-0.2, 0) is 32.6 Å². The van der Waals surface area contributed by atoms with E-state index >= 15 is 0 Å². The Bertz CT molecular complexity index is 1750. The summed E-state index contributed by atoms with van der Waals surface area (Å²) in [5.41, 5.74) is 2.99. The van der Waals surface area contributed by atoms with Gasteiger partial charge in [-0.3, -0.25) is 13.9 Å². The lowest BCUT2D eigenvalue weighted by molar-refractivity contribution is -0.140. The molecule has 0 radical (unpaired) electrons. The van der Waals surface area contributed by atoms with E-state index in [9.17, 15) is 18.0 Å². The van der Waals surface area contributed by atoms with Crippen molar-refractivity contribution in [3.63, 3.8) is 0 Å². The second-order valence-electron chi connectivity index (χ2n) is 11.4. The van der Waals surface area contributed by atoms with Crippen LogP contribution in [0.1, 0.15) is 37.0 Å². The molecule has 0 unspecified atom stereocenters. The van der Waals surface area contributed by atoms with E-state index in [4.69, 9.17) is 9.47 Å². The standard InChI is InChI=1S/C37H43N3O6S/c1-6-28(3)38-37(42)33(23-29-15-9-7-10-16-29)39(25-30-17-13-14-27(2)22-30)36(41)26-40(31-18-11-8-12-19-31)47(43,44)32-20-21-34(45-4)35(24-32)46-5/h7-22,24,28,33H,6,23,25-26H2,1-5H3,(H,38,42)/t28-,33+/m0/s1. The molecule has 2 amide bonds. The summed E-state index contributed by atoms with van der Waals surface area (Å²) < 4.78 is 40.4. The van der Waals surface area contributed by atoms with E-state index in [1.807, 2.05) is 75.4 Å². The lowest BCUT2D eigenvalue weighted by Gasteiger charge is -2.34. The highest BCUT2D eigenvalue weighted by Gasteiger charge is 2.35. The minimum atomic E-state index is -4.30. The Labute approximate surface area is 278 Å². The lowest BCUT2D eigenvalue weighted by Crippen LogP contribution is -2.54. The molecule has 0 aromatic heterocycles. The van der Waals surface area contributed by atoms with Crippen LogP contribution in [0.5, 0.6) is 11.5 Å². The Morgan fingerprint density at radius 1 is 0.809 bits per heavy atom. The van der Waals surface area contributed by atoms with Crippen LogP contribution in [0.25, 0.3) is 0 Å². The van der Waals surface area contributed by atoms with E-state index in [1.165, 1.54) is 37.3 Å². The molecule has 0 spiro atoms. The minimum absolute atomic E-state index is 0.0765. The number of methoxy groups -OCH3 is 2. The molecule has 9 nitrogen and oxygen atoms in total. The smallest absolute Gasteiger partial charge is 0.264 e.